The summed E-state index contributed by atoms with van der Waals surface area (Å²) in [5, 5.41) is 0. The predicted octanol–water partition coefficient (Wildman–Crippen LogP) is 3.17. The summed E-state index contributed by atoms with van der Waals surface area (Å²) in [5.74, 6) is -0.00845. The van der Waals surface area contributed by atoms with Crippen molar-refractivity contribution in [2.24, 2.45) is 5.92 Å². The molecule has 4 rings (SSSR count). The lowest BCUT2D eigenvalue weighted by atomic mass is 10.1. The molecule has 1 aliphatic heterocycles. The molecule has 1 saturated heterocycles. The van der Waals surface area contributed by atoms with Crippen LogP contribution in [0.3, 0.4) is 0 Å². The summed E-state index contributed by atoms with van der Waals surface area (Å²) in [7, 11) is 0. The number of nitrogens with zero attached hydrogens (tertiary/aromatic N) is 2. The van der Waals surface area contributed by atoms with Crippen molar-refractivity contribution in [1.29, 1.82) is 0 Å². The number of ether oxygens (including phenoxy) is 1. The van der Waals surface area contributed by atoms with Crippen molar-refractivity contribution in [2.45, 2.75) is 25.8 Å². The van der Waals surface area contributed by atoms with Crippen molar-refractivity contribution in [3.05, 3.63) is 65.5 Å². The average Bonchev–Trinajstić information content (AvgIpc) is 3.60. The third-order valence-corrected chi connectivity index (χ3v) is 5.41. The predicted molar refractivity (Wildman–Crippen MR) is 108 cm³/mol. The highest BCUT2D eigenvalue weighted by Gasteiger charge is 2.34. The maximum absolute atomic E-state index is 13.2. The number of amides is 2. The van der Waals surface area contributed by atoms with Gasteiger partial charge in [0.15, 0.2) is 0 Å². The van der Waals surface area contributed by atoms with E-state index in [0.717, 1.165) is 29.7 Å². The largest absolute Gasteiger partial charge is 0.378 e. The molecule has 1 aliphatic carbocycles. The Morgan fingerprint density at radius 2 is 1.59 bits per heavy atom. The molecular weight excluding hydrogens is 371 g/mol. The second-order valence-electron chi connectivity index (χ2n) is 7.66. The maximum Gasteiger partial charge on any atom is 0.230 e. The van der Waals surface area contributed by atoms with Crippen LogP contribution in [0.25, 0.3) is 0 Å². The fourth-order valence-electron chi connectivity index (χ4n) is 3.51. The zero-order valence-corrected chi connectivity index (χ0v) is 16.4. The summed E-state index contributed by atoms with van der Waals surface area (Å²) in [4.78, 5) is 28.9. The van der Waals surface area contributed by atoms with Crippen molar-refractivity contribution >= 4 is 17.5 Å². The van der Waals surface area contributed by atoms with Gasteiger partial charge in [0.25, 0.3) is 0 Å². The lowest BCUT2D eigenvalue weighted by Crippen LogP contribution is -2.41. The van der Waals surface area contributed by atoms with Crippen LogP contribution in [-0.4, -0.2) is 43.0 Å². The monoisotopic (exact) mass is 396 g/mol. The van der Waals surface area contributed by atoms with E-state index in [4.69, 9.17) is 4.74 Å². The zero-order valence-electron chi connectivity index (χ0n) is 16.4. The first-order chi connectivity index (χ1) is 14.1. The Balaban J connectivity index is 1.46. The Morgan fingerprint density at radius 3 is 2.21 bits per heavy atom. The lowest BCUT2D eigenvalue weighted by Gasteiger charge is -2.27. The first-order valence-electron chi connectivity index (χ1n) is 10.1. The summed E-state index contributed by atoms with van der Waals surface area (Å²) in [6.07, 6.45) is 2.19. The molecule has 0 unspecified atom stereocenters. The van der Waals surface area contributed by atoms with Gasteiger partial charge in [-0.25, -0.2) is 4.39 Å². The highest BCUT2D eigenvalue weighted by molar-refractivity contribution is 5.96. The van der Waals surface area contributed by atoms with Gasteiger partial charge in [0, 0.05) is 24.7 Å². The summed E-state index contributed by atoms with van der Waals surface area (Å²) < 4.78 is 18.5. The molecule has 2 fully saturated rings. The fraction of sp³-hybridized carbons (Fsp3) is 0.391. The molecule has 29 heavy (non-hydrogen) atoms. The van der Waals surface area contributed by atoms with E-state index in [1.165, 1.54) is 12.1 Å². The van der Waals surface area contributed by atoms with Crippen LogP contribution < -0.4 is 4.90 Å². The van der Waals surface area contributed by atoms with Gasteiger partial charge in [-0.15, -0.1) is 0 Å². The average molecular weight is 396 g/mol. The van der Waals surface area contributed by atoms with Crippen molar-refractivity contribution in [3.63, 3.8) is 0 Å². The molecule has 2 amide bonds. The molecule has 0 bridgehead atoms. The van der Waals surface area contributed by atoms with Crippen molar-refractivity contribution in [3.8, 4) is 0 Å². The Labute approximate surface area is 170 Å². The number of rotatable bonds is 6. The van der Waals surface area contributed by atoms with E-state index in [0.29, 0.717) is 39.3 Å². The van der Waals surface area contributed by atoms with Gasteiger partial charge in [-0.3, -0.25) is 9.59 Å². The minimum Gasteiger partial charge on any atom is -0.378 e. The van der Waals surface area contributed by atoms with Crippen molar-refractivity contribution < 1.29 is 18.7 Å². The van der Waals surface area contributed by atoms with E-state index < -0.39 is 0 Å². The van der Waals surface area contributed by atoms with Crippen LogP contribution in [-0.2, 0) is 27.3 Å². The summed E-state index contributed by atoms with van der Waals surface area (Å²) in [6, 6.07) is 13.8. The molecule has 2 aromatic carbocycles. The summed E-state index contributed by atoms with van der Waals surface area (Å²) in [5.41, 5.74) is 2.60. The van der Waals surface area contributed by atoms with Gasteiger partial charge in [0.1, 0.15) is 5.82 Å². The normalized spacial score (nSPS) is 16.5. The first kappa shape index (κ1) is 19.6. The van der Waals surface area contributed by atoms with Gasteiger partial charge >= 0.3 is 0 Å². The minimum absolute atomic E-state index is 0.0815. The molecule has 0 spiro atoms. The van der Waals surface area contributed by atoms with Crippen LogP contribution in [0, 0.1) is 11.7 Å². The number of hydrogen-bond acceptors (Lipinski definition) is 3. The standard InChI is InChI=1S/C23H25FN2O3/c24-20-7-1-18(2-8-20)16-26(23(28)19-5-6-19)21-9-3-17(4-10-21)15-22(27)25-11-13-29-14-12-25/h1-4,7-10,19H,5-6,11-16H2. The van der Waals surface area contributed by atoms with E-state index in [1.54, 1.807) is 17.0 Å². The van der Waals surface area contributed by atoms with Gasteiger partial charge in [-0.2, -0.15) is 0 Å². The number of carbonyl (C=O) groups is 2. The third kappa shape index (κ3) is 5.01. The molecule has 0 aromatic heterocycles. The van der Waals surface area contributed by atoms with E-state index in [9.17, 15) is 14.0 Å². The van der Waals surface area contributed by atoms with Crippen LogP contribution in [0.5, 0.6) is 0 Å². The molecule has 152 valence electrons. The van der Waals surface area contributed by atoms with Crippen LogP contribution in [0.15, 0.2) is 48.5 Å². The molecular formula is C23H25FN2O3. The molecule has 5 nitrogen and oxygen atoms in total. The number of anilines is 1. The summed E-state index contributed by atoms with van der Waals surface area (Å²) in [6.45, 7) is 2.86. The third-order valence-electron chi connectivity index (χ3n) is 5.41. The van der Waals surface area contributed by atoms with Gasteiger partial charge < -0.3 is 14.5 Å². The van der Waals surface area contributed by atoms with E-state index >= 15 is 0 Å². The molecule has 0 radical (unpaired) electrons. The van der Waals surface area contributed by atoms with Crippen LogP contribution in [0.4, 0.5) is 10.1 Å². The van der Waals surface area contributed by atoms with Crippen LogP contribution in [0.1, 0.15) is 24.0 Å². The Hall–Kier alpha value is -2.73. The number of carbonyl (C=O) groups excluding carboxylic acids is 2. The Kier molecular flexibility index (Phi) is 5.90. The highest BCUT2D eigenvalue weighted by atomic mass is 19.1. The van der Waals surface area contributed by atoms with E-state index in [2.05, 4.69) is 0 Å². The van der Waals surface area contributed by atoms with Crippen molar-refractivity contribution in [2.75, 3.05) is 31.2 Å². The minimum atomic E-state index is -0.289. The Bertz CT molecular complexity index is 857. The smallest absolute Gasteiger partial charge is 0.230 e. The molecule has 2 aromatic rings. The second-order valence-corrected chi connectivity index (χ2v) is 7.66. The zero-order chi connectivity index (χ0) is 20.2. The fourth-order valence-corrected chi connectivity index (χ4v) is 3.51. The van der Waals surface area contributed by atoms with E-state index in [1.807, 2.05) is 29.2 Å². The van der Waals surface area contributed by atoms with Crippen LogP contribution >= 0.6 is 0 Å². The lowest BCUT2D eigenvalue weighted by molar-refractivity contribution is -0.134. The number of halogens is 1. The molecule has 1 heterocycles. The highest BCUT2D eigenvalue weighted by Crippen LogP contribution is 2.33. The van der Waals surface area contributed by atoms with Gasteiger partial charge in [-0.1, -0.05) is 24.3 Å². The molecule has 0 N–H and O–H groups in total. The Morgan fingerprint density at radius 1 is 0.966 bits per heavy atom. The number of morpholine rings is 1. The molecule has 2 aliphatic rings. The number of hydrogen-bond donors (Lipinski definition) is 0. The summed E-state index contributed by atoms with van der Waals surface area (Å²) >= 11 is 0. The maximum atomic E-state index is 13.2. The second kappa shape index (κ2) is 8.74. The van der Waals surface area contributed by atoms with Gasteiger partial charge in [0.2, 0.25) is 11.8 Å². The van der Waals surface area contributed by atoms with E-state index in [-0.39, 0.29) is 23.5 Å². The van der Waals surface area contributed by atoms with Crippen LogP contribution in [0.2, 0.25) is 0 Å². The first-order valence-corrected chi connectivity index (χ1v) is 10.1. The number of benzene rings is 2. The van der Waals surface area contributed by atoms with Gasteiger partial charge in [0.05, 0.1) is 26.2 Å². The molecule has 6 heteroatoms. The van der Waals surface area contributed by atoms with Gasteiger partial charge in [-0.05, 0) is 48.2 Å². The van der Waals surface area contributed by atoms with Crippen molar-refractivity contribution in [1.82, 2.24) is 4.90 Å². The topological polar surface area (TPSA) is 49.9 Å². The molecule has 0 atom stereocenters. The quantitative estimate of drug-likeness (QED) is 0.754. The molecule has 1 saturated carbocycles. The SMILES string of the molecule is O=C(Cc1ccc(N(Cc2ccc(F)cc2)C(=O)C2CC2)cc1)N1CCOCC1.